The number of piperazine rings is 1. The van der Waals surface area contributed by atoms with Crippen molar-refractivity contribution in [3.8, 4) is 16.9 Å². The van der Waals surface area contributed by atoms with Gasteiger partial charge in [0.25, 0.3) is 5.91 Å². The van der Waals surface area contributed by atoms with Crippen LogP contribution in [0.5, 0.6) is 5.75 Å². The molecule has 1 aliphatic heterocycles. The molecule has 1 saturated heterocycles. The second-order valence-electron chi connectivity index (χ2n) is 7.43. The van der Waals surface area contributed by atoms with Gasteiger partial charge in [-0.25, -0.2) is 0 Å². The molecule has 1 aliphatic rings. The molecule has 4 nitrogen and oxygen atoms in total. The lowest BCUT2D eigenvalue weighted by atomic mass is 10.1. The molecule has 3 aromatic rings. The van der Waals surface area contributed by atoms with Crippen LogP contribution in [0.25, 0.3) is 11.1 Å². The van der Waals surface area contributed by atoms with Crippen LogP contribution in [-0.2, 0) is 11.3 Å². The summed E-state index contributed by atoms with van der Waals surface area (Å²) in [4.78, 5) is 16.9. The Morgan fingerprint density at radius 3 is 2.23 bits per heavy atom. The molecule has 0 N–H and O–H groups in total. The van der Waals surface area contributed by atoms with Crippen molar-refractivity contribution in [2.75, 3.05) is 32.8 Å². The molecule has 154 valence electrons. The predicted octanol–water partition coefficient (Wildman–Crippen LogP) is 4.73. The van der Waals surface area contributed by atoms with Crippen LogP contribution in [0.15, 0.2) is 78.9 Å². The Balaban J connectivity index is 1.29. The van der Waals surface area contributed by atoms with Crippen LogP contribution in [-0.4, -0.2) is 48.5 Å². The molecule has 1 fully saturated rings. The van der Waals surface area contributed by atoms with Crippen molar-refractivity contribution >= 4 is 17.5 Å². The fourth-order valence-corrected chi connectivity index (χ4v) is 3.81. The average molecular weight is 421 g/mol. The summed E-state index contributed by atoms with van der Waals surface area (Å²) in [5, 5.41) is 0.753. The molecule has 5 heteroatoms. The lowest BCUT2D eigenvalue weighted by molar-refractivity contribution is -0.135. The third-order valence-corrected chi connectivity index (χ3v) is 5.62. The van der Waals surface area contributed by atoms with E-state index in [0.29, 0.717) is 0 Å². The van der Waals surface area contributed by atoms with Crippen LogP contribution in [0.1, 0.15) is 5.56 Å². The van der Waals surface area contributed by atoms with E-state index in [9.17, 15) is 4.79 Å². The molecule has 1 amide bonds. The Bertz CT molecular complexity index is 968. The summed E-state index contributed by atoms with van der Waals surface area (Å²) in [6, 6.07) is 25.9. The zero-order chi connectivity index (χ0) is 20.8. The van der Waals surface area contributed by atoms with E-state index in [-0.39, 0.29) is 12.5 Å². The van der Waals surface area contributed by atoms with Crippen LogP contribution >= 0.6 is 11.6 Å². The number of benzene rings is 3. The number of halogens is 1. The molecular formula is C25H25ClN2O2. The number of hydrogen-bond donors (Lipinski definition) is 0. The highest BCUT2D eigenvalue weighted by Crippen LogP contribution is 2.29. The number of para-hydroxylation sites is 1. The van der Waals surface area contributed by atoms with Gasteiger partial charge in [0.1, 0.15) is 5.75 Å². The summed E-state index contributed by atoms with van der Waals surface area (Å²) >= 11 is 5.96. The molecule has 0 atom stereocenters. The van der Waals surface area contributed by atoms with E-state index in [1.54, 1.807) is 0 Å². The molecule has 1 heterocycles. The largest absolute Gasteiger partial charge is 0.483 e. The number of ether oxygens (including phenoxy) is 1. The maximum Gasteiger partial charge on any atom is 0.260 e. The smallest absolute Gasteiger partial charge is 0.260 e. The predicted molar refractivity (Wildman–Crippen MR) is 121 cm³/mol. The Hall–Kier alpha value is -2.82. The van der Waals surface area contributed by atoms with E-state index >= 15 is 0 Å². The highest BCUT2D eigenvalue weighted by atomic mass is 35.5. The first-order valence-corrected chi connectivity index (χ1v) is 10.6. The van der Waals surface area contributed by atoms with Crippen molar-refractivity contribution in [1.82, 2.24) is 9.80 Å². The van der Waals surface area contributed by atoms with Gasteiger partial charge in [-0.3, -0.25) is 9.69 Å². The number of nitrogens with zero attached hydrogens (tertiary/aromatic N) is 2. The molecule has 0 saturated carbocycles. The second kappa shape index (κ2) is 9.79. The maximum absolute atomic E-state index is 12.7. The first-order valence-electron chi connectivity index (χ1n) is 10.2. The van der Waals surface area contributed by atoms with E-state index in [1.807, 2.05) is 71.6 Å². The quantitative estimate of drug-likeness (QED) is 0.578. The summed E-state index contributed by atoms with van der Waals surface area (Å²) < 4.78 is 5.92. The monoisotopic (exact) mass is 420 g/mol. The van der Waals surface area contributed by atoms with E-state index < -0.39 is 0 Å². The molecule has 0 spiro atoms. The normalized spacial score (nSPS) is 14.5. The van der Waals surface area contributed by atoms with Gasteiger partial charge in [0, 0.05) is 43.3 Å². The molecule has 0 unspecified atom stereocenters. The molecule has 0 aromatic heterocycles. The first kappa shape index (κ1) is 20.5. The number of carbonyl (C=O) groups excluding carboxylic acids is 1. The Morgan fingerprint density at radius 2 is 1.50 bits per heavy atom. The molecule has 30 heavy (non-hydrogen) atoms. The van der Waals surface area contributed by atoms with Gasteiger partial charge in [-0.1, -0.05) is 72.3 Å². The van der Waals surface area contributed by atoms with E-state index in [1.165, 1.54) is 5.56 Å². The van der Waals surface area contributed by atoms with Crippen molar-refractivity contribution < 1.29 is 9.53 Å². The Kier molecular flexibility index (Phi) is 6.67. The minimum atomic E-state index is 0.0315. The zero-order valence-electron chi connectivity index (χ0n) is 16.8. The fraction of sp³-hybridized carbons (Fsp3) is 0.240. The summed E-state index contributed by atoms with van der Waals surface area (Å²) in [6.45, 7) is 4.08. The minimum absolute atomic E-state index is 0.0315. The van der Waals surface area contributed by atoms with Crippen LogP contribution in [0.3, 0.4) is 0 Å². The van der Waals surface area contributed by atoms with Gasteiger partial charge >= 0.3 is 0 Å². The molecule has 4 rings (SSSR count). The topological polar surface area (TPSA) is 32.8 Å². The van der Waals surface area contributed by atoms with Gasteiger partial charge in [-0.05, 0) is 29.3 Å². The second-order valence-corrected chi connectivity index (χ2v) is 7.87. The highest BCUT2D eigenvalue weighted by molar-refractivity contribution is 6.30. The van der Waals surface area contributed by atoms with Gasteiger partial charge in [0.15, 0.2) is 6.61 Å². The summed E-state index contributed by atoms with van der Waals surface area (Å²) in [6.07, 6.45) is 0. The number of hydrogen-bond acceptors (Lipinski definition) is 3. The van der Waals surface area contributed by atoms with E-state index in [2.05, 4.69) is 17.0 Å². The Labute approximate surface area is 182 Å². The van der Waals surface area contributed by atoms with Gasteiger partial charge in [-0.2, -0.15) is 0 Å². The molecule has 0 aliphatic carbocycles. The Morgan fingerprint density at radius 1 is 0.833 bits per heavy atom. The van der Waals surface area contributed by atoms with Crippen molar-refractivity contribution in [3.63, 3.8) is 0 Å². The molecule has 0 bridgehead atoms. The first-order chi connectivity index (χ1) is 14.7. The van der Waals surface area contributed by atoms with Crippen molar-refractivity contribution in [2.45, 2.75) is 6.54 Å². The summed E-state index contributed by atoms with van der Waals surface area (Å²) in [5.74, 6) is 0.766. The van der Waals surface area contributed by atoms with Crippen LogP contribution in [0.4, 0.5) is 0 Å². The van der Waals surface area contributed by atoms with Gasteiger partial charge < -0.3 is 9.64 Å². The van der Waals surface area contributed by atoms with Crippen LogP contribution in [0.2, 0.25) is 5.02 Å². The zero-order valence-corrected chi connectivity index (χ0v) is 17.6. The minimum Gasteiger partial charge on any atom is -0.483 e. The van der Waals surface area contributed by atoms with E-state index in [4.69, 9.17) is 16.3 Å². The van der Waals surface area contributed by atoms with Crippen molar-refractivity contribution in [3.05, 3.63) is 89.4 Å². The number of rotatable bonds is 6. The standard InChI is InChI=1S/C25H25ClN2O2/c26-22-12-10-20(11-13-22)18-27-14-16-28(17-15-27)25(29)19-30-24-9-5-4-8-23(24)21-6-2-1-3-7-21/h1-13H,14-19H2. The maximum atomic E-state index is 12.7. The molecule has 0 radical (unpaired) electrons. The van der Waals surface area contributed by atoms with E-state index in [0.717, 1.165) is 54.6 Å². The van der Waals surface area contributed by atoms with Gasteiger partial charge in [0.2, 0.25) is 0 Å². The van der Waals surface area contributed by atoms with Crippen LogP contribution < -0.4 is 4.74 Å². The lowest BCUT2D eigenvalue weighted by Gasteiger charge is -2.34. The summed E-state index contributed by atoms with van der Waals surface area (Å²) in [7, 11) is 0. The average Bonchev–Trinajstić information content (AvgIpc) is 2.80. The number of amides is 1. The lowest BCUT2D eigenvalue weighted by Crippen LogP contribution is -2.49. The summed E-state index contributed by atoms with van der Waals surface area (Å²) in [5.41, 5.74) is 3.31. The van der Waals surface area contributed by atoms with Gasteiger partial charge in [0.05, 0.1) is 0 Å². The third kappa shape index (κ3) is 5.21. The highest BCUT2D eigenvalue weighted by Gasteiger charge is 2.21. The SMILES string of the molecule is O=C(COc1ccccc1-c1ccccc1)N1CCN(Cc2ccc(Cl)cc2)CC1. The molecule has 3 aromatic carbocycles. The fourth-order valence-electron chi connectivity index (χ4n) is 3.68. The van der Waals surface area contributed by atoms with Gasteiger partial charge in [-0.15, -0.1) is 0 Å². The van der Waals surface area contributed by atoms with Crippen molar-refractivity contribution in [1.29, 1.82) is 0 Å². The number of carbonyl (C=O) groups is 1. The molecular weight excluding hydrogens is 396 g/mol. The van der Waals surface area contributed by atoms with Crippen molar-refractivity contribution in [2.24, 2.45) is 0 Å². The third-order valence-electron chi connectivity index (χ3n) is 5.37. The van der Waals surface area contributed by atoms with Crippen LogP contribution in [0, 0.1) is 0 Å².